The van der Waals surface area contributed by atoms with E-state index in [1.165, 1.54) is 19.3 Å². The van der Waals surface area contributed by atoms with E-state index in [4.69, 9.17) is 16.3 Å². The Kier molecular flexibility index (Phi) is 4.47. The number of carbonyl (C=O) groups is 1. The average Bonchev–Trinajstić information content (AvgIpc) is 2.51. The van der Waals surface area contributed by atoms with Crippen LogP contribution in [-0.4, -0.2) is 42.5 Å². The molecule has 0 aromatic carbocycles. The summed E-state index contributed by atoms with van der Waals surface area (Å²) in [5.41, 5.74) is 0. The lowest BCUT2D eigenvalue weighted by molar-refractivity contribution is -0.134. The lowest BCUT2D eigenvalue weighted by Crippen LogP contribution is -2.46. The number of halogens is 1. The smallest absolute Gasteiger partial charge is 0.224 e. The van der Waals surface area contributed by atoms with E-state index in [0.717, 1.165) is 19.6 Å². The number of hydrogen-bond acceptors (Lipinski definition) is 2. The van der Waals surface area contributed by atoms with Crippen LogP contribution >= 0.6 is 11.6 Å². The van der Waals surface area contributed by atoms with Crippen LogP contribution in [0.5, 0.6) is 0 Å². The van der Waals surface area contributed by atoms with Gasteiger partial charge in [0.05, 0.1) is 13.2 Å². The number of hydrogen-bond donors (Lipinski definition) is 0. The van der Waals surface area contributed by atoms with E-state index in [1.54, 1.807) is 0 Å². The third-order valence-corrected chi connectivity index (χ3v) is 3.90. The molecule has 0 aromatic heterocycles. The van der Waals surface area contributed by atoms with Crippen LogP contribution in [-0.2, 0) is 9.53 Å². The minimum Gasteiger partial charge on any atom is -0.379 e. The fourth-order valence-corrected chi connectivity index (χ4v) is 3.05. The second-order valence-electron chi connectivity index (χ2n) is 4.71. The maximum Gasteiger partial charge on any atom is 0.224 e. The standard InChI is InChI=1S/C12H20ClNO2/c13-6-5-12(15)14-7-8-16-9-10-3-1-2-4-11(10)14/h10-11H,1-9H2/t10-,11-/m1/s1. The van der Waals surface area contributed by atoms with E-state index in [0.29, 0.717) is 30.9 Å². The summed E-state index contributed by atoms with van der Waals surface area (Å²) in [7, 11) is 0. The molecule has 0 N–H and O–H groups in total. The van der Waals surface area contributed by atoms with Crippen LogP contribution in [0.1, 0.15) is 32.1 Å². The Balaban J connectivity index is 2.05. The van der Waals surface area contributed by atoms with Crippen molar-refractivity contribution in [2.24, 2.45) is 5.92 Å². The third kappa shape index (κ3) is 2.69. The van der Waals surface area contributed by atoms with Crippen LogP contribution < -0.4 is 0 Å². The summed E-state index contributed by atoms with van der Waals surface area (Å²) in [5, 5.41) is 0. The normalized spacial score (nSPS) is 30.7. The number of amides is 1. The Morgan fingerprint density at radius 1 is 1.38 bits per heavy atom. The highest BCUT2D eigenvalue weighted by molar-refractivity contribution is 6.18. The summed E-state index contributed by atoms with van der Waals surface area (Å²) >= 11 is 5.65. The van der Waals surface area contributed by atoms with Gasteiger partial charge in [-0.05, 0) is 12.8 Å². The molecule has 1 amide bonds. The molecule has 2 fully saturated rings. The first-order valence-electron chi connectivity index (χ1n) is 6.26. The maximum atomic E-state index is 12.0. The third-order valence-electron chi connectivity index (χ3n) is 3.71. The minimum atomic E-state index is 0.206. The first kappa shape index (κ1) is 12.2. The zero-order chi connectivity index (χ0) is 11.4. The Morgan fingerprint density at radius 2 is 2.19 bits per heavy atom. The molecule has 1 saturated heterocycles. The lowest BCUT2D eigenvalue weighted by atomic mass is 9.84. The quantitative estimate of drug-likeness (QED) is 0.697. The summed E-state index contributed by atoms with van der Waals surface area (Å²) < 4.78 is 5.60. The molecule has 16 heavy (non-hydrogen) atoms. The number of alkyl halides is 1. The largest absolute Gasteiger partial charge is 0.379 e. The first-order valence-corrected chi connectivity index (χ1v) is 6.79. The van der Waals surface area contributed by atoms with Crippen molar-refractivity contribution < 1.29 is 9.53 Å². The van der Waals surface area contributed by atoms with Gasteiger partial charge >= 0.3 is 0 Å². The summed E-state index contributed by atoms with van der Waals surface area (Å²) in [5.74, 6) is 1.18. The van der Waals surface area contributed by atoms with Gasteiger partial charge in [0, 0.05) is 30.8 Å². The highest BCUT2D eigenvalue weighted by Crippen LogP contribution is 2.30. The number of fused-ring (bicyclic) bond motifs is 1. The molecule has 2 atom stereocenters. The fraction of sp³-hybridized carbons (Fsp3) is 0.917. The van der Waals surface area contributed by atoms with Gasteiger partial charge in [-0.1, -0.05) is 12.8 Å². The Hall–Kier alpha value is -0.280. The predicted octanol–water partition coefficient (Wildman–Crippen LogP) is 2.03. The molecule has 1 saturated carbocycles. The first-order chi connectivity index (χ1) is 7.83. The second-order valence-corrected chi connectivity index (χ2v) is 5.09. The Morgan fingerprint density at radius 3 is 3.00 bits per heavy atom. The molecule has 0 aromatic rings. The zero-order valence-electron chi connectivity index (χ0n) is 9.66. The molecule has 0 spiro atoms. The fourth-order valence-electron chi connectivity index (χ4n) is 2.89. The van der Waals surface area contributed by atoms with Crippen molar-refractivity contribution in [1.29, 1.82) is 0 Å². The maximum absolute atomic E-state index is 12.0. The SMILES string of the molecule is O=C(CCCl)N1CCOC[C@H]2CCCC[C@H]21. The van der Waals surface area contributed by atoms with Crippen molar-refractivity contribution in [3.8, 4) is 0 Å². The summed E-state index contributed by atoms with van der Waals surface area (Å²) in [6.07, 6.45) is 5.33. The molecule has 2 rings (SSSR count). The van der Waals surface area contributed by atoms with Crippen LogP contribution in [0.2, 0.25) is 0 Å². The second kappa shape index (κ2) is 5.87. The molecule has 0 unspecified atom stereocenters. The Labute approximate surface area is 102 Å². The zero-order valence-corrected chi connectivity index (χ0v) is 10.4. The Bertz CT molecular complexity index is 247. The van der Waals surface area contributed by atoms with E-state index in [1.807, 2.05) is 4.90 Å². The van der Waals surface area contributed by atoms with Crippen LogP contribution in [0.3, 0.4) is 0 Å². The van der Waals surface area contributed by atoms with Gasteiger partial charge in [-0.15, -0.1) is 11.6 Å². The van der Waals surface area contributed by atoms with Crippen molar-refractivity contribution in [2.45, 2.75) is 38.1 Å². The molecule has 1 aliphatic carbocycles. The number of ether oxygens (including phenoxy) is 1. The van der Waals surface area contributed by atoms with Crippen LogP contribution in [0.15, 0.2) is 0 Å². The predicted molar refractivity (Wildman–Crippen MR) is 63.6 cm³/mol. The molecule has 3 nitrogen and oxygen atoms in total. The molecule has 0 bridgehead atoms. The number of carbonyl (C=O) groups excluding carboxylic acids is 1. The van der Waals surface area contributed by atoms with Gasteiger partial charge in [-0.25, -0.2) is 0 Å². The van der Waals surface area contributed by atoms with Crippen molar-refractivity contribution in [3.63, 3.8) is 0 Å². The van der Waals surface area contributed by atoms with Gasteiger partial charge < -0.3 is 9.64 Å². The van der Waals surface area contributed by atoms with Crippen molar-refractivity contribution in [1.82, 2.24) is 4.90 Å². The average molecular weight is 246 g/mol. The van der Waals surface area contributed by atoms with Crippen molar-refractivity contribution in [2.75, 3.05) is 25.6 Å². The molecular formula is C12H20ClNO2. The van der Waals surface area contributed by atoms with Gasteiger partial charge in [-0.2, -0.15) is 0 Å². The minimum absolute atomic E-state index is 0.206. The topological polar surface area (TPSA) is 29.5 Å². The molecule has 4 heteroatoms. The summed E-state index contributed by atoms with van der Waals surface area (Å²) in [6.45, 7) is 2.26. The highest BCUT2D eigenvalue weighted by atomic mass is 35.5. The molecule has 1 heterocycles. The summed E-state index contributed by atoms with van der Waals surface area (Å²) in [4.78, 5) is 14.0. The van der Waals surface area contributed by atoms with Gasteiger partial charge in [0.1, 0.15) is 0 Å². The molecule has 2 aliphatic rings. The van der Waals surface area contributed by atoms with E-state index >= 15 is 0 Å². The van der Waals surface area contributed by atoms with Crippen LogP contribution in [0.25, 0.3) is 0 Å². The molecule has 0 radical (unpaired) electrons. The van der Waals surface area contributed by atoms with Crippen molar-refractivity contribution in [3.05, 3.63) is 0 Å². The number of nitrogens with zero attached hydrogens (tertiary/aromatic N) is 1. The van der Waals surface area contributed by atoms with E-state index in [2.05, 4.69) is 0 Å². The van der Waals surface area contributed by atoms with Gasteiger partial charge in [0.2, 0.25) is 5.91 Å². The monoisotopic (exact) mass is 245 g/mol. The van der Waals surface area contributed by atoms with Crippen molar-refractivity contribution >= 4 is 17.5 Å². The van der Waals surface area contributed by atoms with Crippen LogP contribution in [0, 0.1) is 5.92 Å². The lowest BCUT2D eigenvalue weighted by Gasteiger charge is -2.37. The van der Waals surface area contributed by atoms with Gasteiger partial charge in [0.25, 0.3) is 0 Å². The van der Waals surface area contributed by atoms with Crippen LogP contribution in [0.4, 0.5) is 0 Å². The number of rotatable bonds is 2. The van der Waals surface area contributed by atoms with E-state index < -0.39 is 0 Å². The van der Waals surface area contributed by atoms with E-state index in [-0.39, 0.29) is 5.91 Å². The highest BCUT2D eigenvalue weighted by Gasteiger charge is 2.34. The van der Waals surface area contributed by atoms with Gasteiger partial charge in [-0.3, -0.25) is 4.79 Å². The van der Waals surface area contributed by atoms with E-state index in [9.17, 15) is 4.79 Å². The summed E-state index contributed by atoms with van der Waals surface area (Å²) in [6, 6.07) is 0.409. The molecule has 92 valence electrons. The van der Waals surface area contributed by atoms with Gasteiger partial charge in [0.15, 0.2) is 0 Å². The molecular weight excluding hydrogens is 226 g/mol. The molecule has 1 aliphatic heterocycles.